The van der Waals surface area contributed by atoms with Crippen molar-refractivity contribution in [2.45, 2.75) is 136 Å². The SMILES string of the molecule is CSCC[C@H](NC(=O)[C@@H](NC(C)=O)C(C)C)C(=O)N[C@@H](CC(C)C)[C@@H](O)C[C@@H](C(=O)N[C@@H](C)C(=O)N[C@@H](CCC(=O)O)C(=O)N[C@@H](Cc1ccccc1)C(=O)O)C(C)C. The quantitative estimate of drug-likeness (QED) is 0.0611. The van der Waals surface area contributed by atoms with Gasteiger partial charge in [-0.2, -0.15) is 11.8 Å². The second-order valence-electron chi connectivity index (χ2n) is 16.0. The van der Waals surface area contributed by atoms with Crippen molar-refractivity contribution < 1.29 is 53.7 Å². The van der Waals surface area contributed by atoms with Crippen molar-refractivity contribution in [2.75, 3.05) is 12.0 Å². The first-order valence-corrected chi connectivity index (χ1v) is 21.4. The van der Waals surface area contributed by atoms with Gasteiger partial charge in [0, 0.05) is 25.7 Å². The zero-order valence-corrected chi connectivity index (χ0v) is 36.5. The second-order valence-corrected chi connectivity index (χ2v) is 17.0. The molecular weight excluding hydrogens is 785 g/mol. The molecule has 0 bridgehead atoms. The molecule has 1 aromatic carbocycles. The molecule has 59 heavy (non-hydrogen) atoms. The summed E-state index contributed by atoms with van der Waals surface area (Å²) >= 11 is 1.48. The highest BCUT2D eigenvalue weighted by Crippen LogP contribution is 2.22. The average Bonchev–Trinajstić information content (AvgIpc) is 3.14. The molecule has 6 amide bonds. The Balaban J connectivity index is 3.15. The van der Waals surface area contributed by atoms with Gasteiger partial charge in [-0.25, -0.2) is 4.79 Å². The van der Waals surface area contributed by atoms with Crippen LogP contribution in [-0.2, 0) is 44.8 Å². The molecule has 0 aliphatic rings. The van der Waals surface area contributed by atoms with Crippen molar-refractivity contribution in [3.8, 4) is 0 Å². The third-order valence-electron chi connectivity index (χ3n) is 9.64. The lowest BCUT2D eigenvalue weighted by Gasteiger charge is -2.32. The maximum absolute atomic E-state index is 13.7. The second kappa shape index (κ2) is 26.4. The fourth-order valence-electron chi connectivity index (χ4n) is 6.27. The first-order chi connectivity index (χ1) is 27.6. The maximum atomic E-state index is 13.7. The van der Waals surface area contributed by atoms with Gasteiger partial charge in [0.05, 0.1) is 12.1 Å². The van der Waals surface area contributed by atoms with Gasteiger partial charge in [-0.3, -0.25) is 33.6 Å². The Hall–Kier alpha value is -4.71. The first-order valence-electron chi connectivity index (χ1n) is 20.0. The van der Waals surface area contributed by atoms with Gasteiger partial charge in [-0.15, -0.1) is 0 Å². The summed E-state index contributed by atoms with van der Waals surface area (Å²) in [6, 6.07) is 1.82. The standard InChI is InChI=1S/C41H66N6O11S/c1-22(2)19-31(46-39(55)30(17-18-59-9)45-40(56)35(24(5)6)43-26(8)48)33(49)21-28(23(3)4)37(53)42-25(7)36(52)44-29(15-16-34(50)51)38(54)47-32(41(57)58)20-27-13-11-10-12-14-27/h10-14,22-25,28-33,35,49H,15-21H2,1-9H3,(H,42,53)(H,43,48)(H,44,52)(H,45,56)(H,46,55)(H,47,54)(H,50,51)(H,57,58)/t25-,28+,29-,30-,31-,32-,33-,35-/m0/s1. The van der Waals surface area contributed by atoms with Gasteiger partial charge < -0.3 is 47.2 Å². The molecule has 0 spiro atoms. The third-order valence-corrected chi connectivity index (χ3v) is 10.3. The fourth-order valence-corrected chi connectivity index (χ4v) is 6.74. The van der Waals surface area contributed by atoms with E-state index >= 15 is 0 Å². The normalized spacial score (nSPS) is 15.4. The van der Waals surface area contributed by atoms with E-state index in [1.165, 1.54) is 25.6 Å². The molecule has 0 saturated heterocycles. The molecule has 0 aromatic heterocycles. The highest BCUT2D eigenvalue weighted by atomic mass is 32.2. The summed E-state index contributed by atoms with van der Waals surface area (Å²) < 4.78 is 0. The lowest BCUT2D eigenvalue weighted by atomic mass is 9.85. The molecular formula is C41H66N6O11S. The molecule has 0 saturated carbocycles. The van der Waals surface area contributed by atoms with E-state index in [1.807, 2.05) is 20.1 Å². The Kier molecular flexibility index (Phi) is 23.4. The van der Waals surface area contributed by atoms with Gasteiger partial charge in [0.15, 0.2) is 0 Å². The van der Waals surface area contributed by atoms with Crippen LogP contribution in [0.15, 0.2) is 30.3 Å². The van der Waals surface area contributed by atoms with Crippen molar-refractivity contribution in [2.24, 2.45) is 23.7 Å². The zero-order valence-electron chi connectivity index (χ0n) is 35.7. The molecule has 17 nitrogen and oxygen atoms in total. The van der Waals surface area contributed by atoms with Crippen LogP contribution >= 0.6 is 11.8 Å². The van der Waals surface area contributed by atoms with Crippen LogP contribution in [0.4, 0.5) is 0 Å². The van der Waals surface area contributed by atoms with Crippen LogP contribution < -0.4 is 31.9 Å². The average molecular weight is 851 g/mol. The molecule has 332 valence electrons. The molecule has 0 unspecified atom stereocenters. The molecule has 8 atom stereocenters. The topological polar surface area (TPSA) is 269 Å². The monoisotopic (exact) mass is 850 g/mol. The van der Waals surface area contributed by atoms with E-state index in [9.17, 15) is 53.7 Å². The molecule has 1 aromatic rings. The Labute approximate surface area is 351 Å². The van der Waals surface area contributed by atoms with Crippen molar-refractivity contribution >= 4 is 59.1 Å². The van der Waals surface area contributed by atoms with Crippen molar-refractivity contribution in [1.29, 1.82) is 0 Å². The molecule has 0 aliphatic heterocycles. The lowest BCUT2D eigenvalue weighted by Crippen LogP contribution is -2.57. The van der Waals surface area contributed by atoms with E-state index in [1.54, 1.807) is 58.0 Å². The van der Waals surface area contributed by atoms with E-state index < -0.39 is 102 Å². The molecule has 0 radical (unpaired) electrons. The largest absolute Gasteiger partial charge is 0.481 e. The Bertz CT molecular complexity index is 1560. The molecule has 0 heterocycles. The van der Waals surface area contributed by atoms with Crippen LogP contribution in [0.3, 0.4) is 0 Å². The van der Waals surface area contributed by atoms with E-state index in [0.29, 0.717) is 17.7 Å². The number of nitrogens with one attached hydrogen (secondary N) is 6. The highest BCUT2D eigenvalue weighted by molar-refractivity contribution is 7.98. The number of aliphatic hydroxyl groups is 1. The maximum Gasteiger partial charge on any atom is 0.326 e. The number of hydrogen-bond donors (Lipinski definition) is 9. The summed E-state index contributed by atoms with van der Waals surface area (Å²) in [6.45, 7) is 13.5. The van der Waals surface area contributed by atoms with Gasteiger partial charge in [-0.05, 0) is 67.9 Å². The van der Waals surface area contributed by atoms with Crippen LogP contribution in [0, 0.1) is 23.7 Å². The number of aliphatic carboxylic acids is 2. The van der Waals surface area contributed by atoms with Gasteiger partial charge in [0.1, 0.15) is 30.2 Å². The fraction of sp³-hybridized carbons (Fsp3) is 0.659. The summed E-state index contributed by atoms with van der Waals surface area (Å²) in [7, 11) is 0. The van der Waals surface area contributed by atoms with E-state index in [4.69, 9.17) is 0 Å². The Morgan fingerprint density at radius 2 is 1.20 bits per heavy atom. The van der Waals surface area contributed by atoms with E-state index in [2.05, 4.69) is 31.9 Å². The summed E-state index contributed by atoms with van der Waals surface area (Å²) in [5, 5.41) is 46.3. The lowest BCUT2D eigenvalue weighted by molar-refractivity contribution is -0.143. The van der Waals surface area contributed by atoms with E-state index in [0.717, 1.165) is 0 Å². The minimum atomic E-state index is -1.44. The van der Waals surface area contributed by atoms with Crippen LogP contribution in [0.1, 0.15) is 93.1 Å². The smallest absolute Gasteiger partial charge is 0.326 e. The predicted molar refractivity (Wildman–Crippen MR) is 224 cm³/mol. The molecule has 9 N–H and O–H groups in total. The minimum absolute atomic E-state index is 0.00436. The summed E-state index contributed by atoms with van der Waals surface area (Å²) in [5.41, 5.74) is 0.629. The number of carbonyl (C=O) groups excluding carboxylic acids is 6. The first kappa shape index (κ1) is 52.3. The van der Waals surface area contributed by atoms with Gasteiger partial charge in [0.25, 0.3) is 0 Å². The number of amides is 6. The van der Waals surface area contributed by atoms with Crippen molar-refractivity contribution in [3.05, 3.63) is 35.9 Å². The number of hydrogen-bond acceptors (Lipinski definition) is 10. The minimum Gasteiger partial charge on any atom is -0.481 e. The summed E-state index contributed by atoms with van der Waals surface area (Å²) in [5.74, 6) is -7.29. The molecule has 18 heteroatoms. The number of rotatable bonds is 27. The zero-order chi connectivity index (χ0) is 45.0. The van der Waals surface area contributed by atoms with Gasteiger partial charge in [0.2, 0.25) is 35.4 Å². The van der Waals surface area contributed by atoms with Crippen molar-refractivity contribution in [3.63, 3.8) is 0 Å². The van der Waals surface area contributed by atoms with Crippen LogP contribution in [0.2, 0.25) is 0 Å². The number of aliphatic hydroxyl groups excluding tert-OH is 1. The third kappa shape index (κ3) is 19.7. The van der Waals surface area contributed by atoms with Crippen LogP contribution in [-0.4, -0.2) is 117 Å². The van der Waals surface area contributed by atoms with Crippen molar-refractivity contribution in [1.82, 2.24) is 31.9 Å². The Morgan fingerprint density at radius 3 is 1.71 bits per heavy atom. The Morgan fingerprint density at radius 1 is 0.644 bits per heavy atom. The number of benzene rings is 1. The predicted octanol–water partition coefficient (Wildman–Crippen LogP) is 1.61. The summed E-state index contributed by atoms with van der Waals surface area (Å²) in [4.78, 5) is 102. The van der Waals surface area contributed by atoms with E-state index in [-0.39, 0.29) is 43.4 Å². The van der Waals surface area contributed by atoms with Gasteiger partial charge >= 0.3 is 11.9 Å². The van der Waals surface area contributed by atoms with Gasteiger partial charge in [-0.1, -0.05) is 71.9 Å². The molecule has 0 aliphatic carbocycles. The number of carbonyl (C=O) groups is 8. The number of carboxylic acid groups (broad SMARTS) is 2. The van der Waals surface area contributed by atoms with Crippen LogP contribution in [0.25, 0.3) is 0 Å². The highest BCUT2D eigenvalue weighted by Gasteiger charge is 2.35. The summed E-state index contributed by atoms with van der Waals surface area (Å²) in [6.07, 6.45) is 0.181. The van der Waals surface area contributed by atoms with Crippen LogP contribution in [0.5, 0.6) is 0 Å². The number of carboxylic acids is 2. The molecule has 1 rings (SSSR count). The number of thioether (sulfide) groups is 1. The molecule has 0 fully saturated rings.